The topological polar surface area (TPSA) is 60.8 Å². The van der Waals surface area contributed by atoms with Gasteiger partial charge >= 0.3 is 0 Å². The average molecular weight is 700 g/mol. The summed E-state index contributed by atoms with van der Waals surface area (Å²) in [6.07, 6.45) is 0. The van der Waals surface area contributed by atoms with Gasteiger partial charge in [0.2, 0.25) is 16.4 Å². The Kier molecular flexibility index (Phi) is 8.70. The van der Waals surface area contributed by atoms with Crippen molar-refractivity contribution in [3.8, 4) is 5.88 Å². The lowest BCUT2D eigenvalue weighted by Gasteiger charge is -2.10. The van der Waals surface area contributed by atoms with Crippen LogP contribution in [-0.2, 0) is 6.61 Å². The summed E-state index contributed by atoms with van der Waals surface area (Å²) in [5, 5.41) is -0.244. The van der Waals surface area contributed by atoms with Gasteiger partial charge in [0, 0.05) is 5.39 Å². The molecule has 0 fully saturated rings. The molecule has 0 amide bonds. The maximum atomic E-state index is 14.1. The van der Waals surface area contributed by atoms with Crippen LogP contribution in [0.4, 0.5) is 17.6 Å². The highest BCUT2D eigenvalue weighted by Crippen LogP contribution is 2.33. The Labute approximate surface area is 238 Å². The van der Waals surface area contributed by atoms with Gasteiger partial charge in [0.15, 0.2) is 11.6 Å². The van der Waals surface area contributed by atoms with Crippen molar-refractivity contribution in [3.05, 3.63) is 96.0 Å². The van der Waals surface area contributed by atoms with Crippen LogP contribution in [0.15, 0.2) is 51.4 Å². The maximum absolute atomic E-state index is 14.1. The number of benzene rings is 3. The van der Waals surface area contributed by atoms with Gasteiger partial charge in [-0.25, -0.2) is 32.5 Å². The zero-order valence-electron chi connectivity index (χ0n) is 17.8. The third-order valence-electron chi connectivity index (χ3n) is 4.74. The fraction of sp³-hybridized carbons (Fsp3) is 0.0435. The van der Waals surface area contributed by atoms with E-state index in [1.54, 1.807) is 0 Å². The molecule has 2 heterocycles. The Morgan fingerprint density at radius 3 is 1.81 bits per heavy atom. The Morgan fingerprint density at radius 1 is 0.703 bits per heavy atom. The first kappa shape index (κ1) is 27.7. The molecule has 3 aromatic carbocycles. The molecule has 0 bridgehead atoms. The van der Waals surface area contributed by atoms with E-state index in [1.807, 2.05) is 30.3 Å². The van der Waals surface area contributed by atoms with Gasteiger partial charge in [-0.3, -0.25) is 0 Å². The van der Waals surface area contributed by atoms with Gasteiger partial charge < -0.3 is 4.74 Å². The molecule has 0 spiro atoms. The van der Waals surface area contributed by atoms with E-state index in [0.717, 1.165) is 17.7 Å². The standard InChI is InChI=1S/C15H8BrClF2N2O.C8HBrCl2F2N2/c16-11-10(18)6-9-13(12(11)19)20-15(17)21-14(9)22-7-8-4-2-1-3-5-8;9-4-3(12)1-2-6(5(4)13)14-8(11)15-7(2)10/h1-6H,7H2;1H. The predicted octanol–water partition coefficient (Wildman–Crippen LogP) is 8.88. The van der Waals surface area contributed by atoms with E-state index in [2.05, 4.69) is 51.8 Å². The minimum absolute atomic E-state index is 0.0316. The summed E-state index contributed by atoms with van der Waals surface area (Å²) in [5.74, 6) is -3.20. The van der Waals surface area contributed by atoms with Gasteiger partial charge in [0.25, 0.3) is 0 Å². The minimum atomic E-state index is -0.851. The molecular weight excluding hydrogens is 690 g/mol. The van der Waals surface area contributed by atoms with E-state index in [0.29, 0.717) is 0 Å². The third kappa shape index (κ3) is 6.06. The smallest absolute Gasteiger partial charge is 0.226 e. The van der Waals surface area contributed by atoms with Crippen molar-refractivity contribution < 1.29 is 22.3 Å². The summed E-state index contributed by atoms with van der Waals surface area (Å²) in [6, 6.07) is 11.5. The van der Waals surface area contributed by atoms with E-state index >= 15 is 0 Å². The summed E-state index contributed by atoms with van der Waals surface area (Å²) in [5.41, 5.74) is 0.674. The van der Waals surface area contributed by atoms with Crippen molar-refractivity contribution in [2.75, 3.05) is 0 Å². The monoisotopic (exact) mass is 696 g/mol. The van der Waals surface area contributed by atoms with Gasteiger partial charge in [-0.05, 0) is 72.8 Å². The van der Waals surface area contributed by atoms with Gasteiger partial charge in [0.1, 0.15) is 34.4 Å². The number of rotatable bonds is 3. The molecule has 0 aliphatic carbocycles. The third-order valence-corrected chi connectivity index (χ3v) is 6.82. The molecule has 5 nitrogen and oxygen atoms in total. The number of nitrogens with zero attached hydrogens (tertiary/aromatic N) is 4. The van der Waals surface area contributed by atoms with Gasteiger partial charge in [0.05, 0.1) is 14.3 Å². The van der Waals surface area contributed by atoms with Crippen LogP contribution in [0.5, 0.6) is 5.88 Å². The molecular formula is C23H9Br2Cl3F4N4O. The predicted molar refractivity (Wildman–Crippen MR) is 140 cm³/mol. The summed E-state index contributed by atoms with van der Waals surface area (Å²) >= 11 is 22.6. The average Bonchev–Trinajstić information content (AvgIpc) is 2.87. The number of hydrogen-bond donors (Lipinski definition) is 0. The summed E-state index contributed by atoms with van der Waals surface area (Å²) in [4.78, 5) is 14.9. The first-order valence-corrected chi connectivity index (χ1v) is 12.6. The molecule has 2 aromatic heterocycles. The van der Waals surface area contributed by atoms with Crippen LogP contribution in [-0.4, -0.2) is 19.9 Å². The Balaban J connectivity index is 0.000000186. The van der Waals surface area contributed by atoms with E-state index < -0.39 is 23.3 Å². The maximum Gasteiger partial charge on any atom is 0.226 e. The lowest BCUT2D eigenvalue weighted by Crippen LogP contribution is -2.01. The molecule has 5 rings (SSSR count). The van der Waals surface area contributed by atoms with Crippen molar-refractivity contribution in [2.45, 2.75) is 6.61 Å². The fourth-order valence-corrected chi connectivity index (χ4v) is 4.27. The summed E-state index contributed by atoms with van der Waals surface area (Å²) in [6.45, 7) is 0.197. The molecule has 37 heavy (non-hydrogen) atoms. The van der Waals surface area contributed by atoms with Gasteiger partial charge in [-0.2, -0.15) is 4.98 Å². The lowest BCUT2D eigenvalue weighted by atomic mass is 10.2. The van der Waals surface area contributed by atoms with Gasteiger partial charge in [-0.15, -0.1) is 0 Å². The Bertz CT molecular complexity index is 1650. The van der Waals surface area contributed by atoms with Gasteiger partial charge in [-0.1, -0.05) is 41.9 Å². The summed E-state index contributed by atoms with van der Waals surface area (Å²) in [7, 11) is 0. The molecule has 14 heteroatoms. The quantitative estimate of drug-likeness (QED) is 0.0816. The number of ether oxygens (including phenoxy) is 1. The molecule has 5 aromatic rings. The van der Waals surface area contributed by atoms with Crippen molar-refractivity contribution >= 4 is 88.5 Å². The van der Waals surface area contributed by atoms with E-state index in [4.69, 9.17) is 39.5 Å². The molecule has 0 atom stereocenters. The minimum Gasteiger partial charge on any atom is -0.472 e. The molecule has 0 aliphatic heterocycles. The molecule has 0 saturated heterocycles. The Morgan fingerprint density at radius 2 is 1.22 bits per heavy atom. The zero-order valence-corrected chi connectivity index (χ0v) is 23.3. The van der Waals surface area contributed by atoms with Crippen LogP contribution in [0.25, 0.3) is 21.8 Å². The van der Waals surface area contributed by atoms with Crippen LogP contribution in [0.2, 0.25) is 15.7 Å². The molecule has 0 radical (unpaired) electrons. The lowest BCUT2D eigenvalue weighted by molar-refractivity contribution is 0.297. The number of hydrogen-bond acceptors (Lipinski definition) is 5. The molecule has 0 N–H and O–H groups in total. The van der Waals surface area contributed by atoms with Crippen LogP contribution in [0, 0.1) is 23.3 Å². The van der Waals surface area contributed by atoms with Crippen LogP contribution in [0.3, 0.4) is 0 Å². The number of fused-ring (bicyclic) bond motifs is 2. The SMILES string of the molecule is Fc1cc2c(Cl)nc(Cl)nc2c(F)c1Br.Fc1cc2c(OCc3ccccc3)nc(Cl)nc2c(F)c1Br. The molecule has 0 unspecified atom stereocenters. The van der Waals surface area contributed by atoms with Crippen molar-refractivity contribution in [2.24, 2.45) is 0 Å². The largest absolute Gasteiger partial charge is 0.472 e. The molecule has 0 aliphatic rings. The van der Waals surface area contributed by atoms with E-state index in [1.165, 1.54) is 0 Å². The zero-order chi connectivity index (χ0) is 26.9. The van der Waals surface area contributed by atoms with Crippen molar-refractivity contribution in [3.63, 3.8) is 0 Å². The number of aromatic nitrogens is 4. The normalized spacial score (nSPS) is 10.9. The highest BCUT2D eigenvalue weighted by atomic mass is 79.9. The second-order valence-electron chi connectivity index (χ2n) is 7.12. The first-order valence-electron chi connectivity index (χ1n) is 9.90. The highest BCUT2D eigenvalue weighted by Gasteiger charge is 2.18. The fourth-order valence-electron chi connectivity index (χ4n) is 3.07. The molecule has 190 valence electrons. The second kappa shape index (κ2) is 11.6. The van der Waals surface area contributed by atoms with Crippen LogP contribution < -0.4 is 4.74 Å². The van der Waals surface area contributed by atoms with Crippen LogP contribution in [0.1, 0.15) is 5.56 Å². The highest BCUT2D eigenvalue weighted by molar-refractivity contribution is 9.10. The number of halogens is 9. The second-order valence-corrected chi connectivity index (χ2v) is 9.74. The van der Waals surface area contributed by atoms with E-state index in [-0.39, 0.29) is 59.0 Å². The van der Waals surface area contributed by atoms with Crippen molar-refractivity contribution in [1.29, 1.82) is 0 Å². The van der Waals surface area contributed by atoms with E-state index in [9.17, 15) is 17.6 Å². The first-order chi connectivity index (χ1) is 17.6. The molecule has 0 saturated carbocycles. The van der Waals surface area contributed by atoms with Crippen molar-refractivity contribution in [1.82, 2.24) is 19.9 Å². The summed E-state index contributed by atoms with van der Waals surface area (Å²) < 4.78 is 59.4. The Hall–Kier alpha value is -2.31. The van der Waals surface area contributed by atoms with Crippen LogP contribution >= 0.6 is 66.7 Å².